The van der Waals surface area contributed by atoms with Gasteiger partial charge in [0.1, 0.15) is 12.4 Å². The van der Waals surface area contributed by atoms with Crippen LogP contribution in [0.4, 0.5) is 11.4 Å². The molecule has 2 heterocycles. The topological polar surface area (TPSA) is 61.9 Å². The van der Waals surface area contributed by atoms with E-state index in [1.165, 1.54) is 0 Å². The van der Waals surface area contributed by atoms with E-state index < -0.39 is 0 Å². The van der Waals surface area contributed by atoms with E-state index in [4.69, 9.17) is 4.74 Å². The number of anilines is 2. The van der Waals surface area contributed by atoms with Crippen molar-refractivity contribution in [3.8, 4) is 5.75 Å². The van der Waals surface area contributed by atoms with Crippen molar-refractivity contribution in [2.75, 3.05) is 36.5 Å². The molecule has 2 aliphatic rings. The largest absolute Gasteiger partial charge is 0.489 e. The summed E-state index contributed by atoms with van der Waals surface area (Å²) in [6, 6.07) is 27.1. The van der Waals surface area contributed by atoms with Crippen LogP contribution in [0.1, 0.15) is 24.4 Å². The van der Waals surface area contributed by atoms with E-state index in [0.29, 0.717) is 13.2 Å². The summed E-state index contributed by atoms with van der Waals surface area (Å²) in [6.07, 6.45) is 1.49. The maximum absolute atomic E-state index is 13.6. The first-order valence-corrected chi connectivity index (χ1v) is 11.9. The monoisotopic (exact) mass is 455 g/mol. The molecule has 6 nitrogen and oxygen atoms in total. The second kappa shape index (κ2) is 10.1. The molecule has 1 saturated heterocycles. The first-order valence-electron chi connectivity index (χ1n) is 11.9. The van der Waals surface area contributed by atoms with E-state index in [1.807, 2.05) is 89.8 Å². The minimum absolute atomic E-state index is 0.0345. The van der Waals surface area contributed by atoms with Crippen molar-refractivity contribution in [3.05, 3.63) is 90.5 Å². The maximum atomic E-state index is 13.6. The Morgan fingerprint density at radius 1 is 0.853 bits per heavy atom. The Kier molecular flexibility index (Phi) is 6.58. The fourth-order valence-electron chi connectivity index (χ4n) is 4.80. The van der Waals surface area contributed by atoms with Gasteiger partial charge in [-0.05, 0) is 55.8 Å². The van der Waals surface area contributed by atoms with Crippen LogP contribution in [-0.4, -0.2) is 43.0 Å². The quantitative estimate of drug-likeness (QED) is 0.615. The molecule has 1 atom stereocenters. The Balaban J connectivity index is 1.24. The zero-order valence-corrected chi connectivity index (χ0v) is 19.1. The number of nitrogens with one attached hydrogen (secondary N) is 1. The van der Waals surface area contributed by atoms with Crippen LogP contribution in [0.3, 0.4) is 0 Å². The van der Waals surface area contributed by atoms with Gasteiger partial charge >= 0.3 is 0 Å². The van der Waals surface area contributed by atoms with Crippen LogP contribution in [-0.2, 0) is 9.59 Å². The van der Waals surface area contributed by atoms with Gasteiger partial charge in [0.15, 0.2) is 0 Å². The molecular formula is C28H29N3O3. The number of fused-ring (bicyclic) bond motifs is 1. The summed E-state index contributed by atoms with van der Waals surface area (Å²) < 4.78 is 6.00. The Bertz CT molecular complexity index is 1130. The van der Waals surface area contributed by atoms with Crippen LogP contribution < -0.4 is 15.0 Å². The lowest BCUT2D eigenvalue weighted by Crippen LogP contribution is -2.48. The second-order valence-corrected chi connectivity index (χ2v) is 8.87. The number of rotatable bonds is 5. The molecule has 0 spiro atoms. The molecule has 0 unspecified atom stereocenters. The number of amides is 2. The first kappa shape index (κ1) is 22.2. The summed E-state index contributed by atoms with van der Waals surface area (Å²) in [6.45, 7) is 2.19. The number of piperidine rings is 1. The number of carbonyl (C=O) groups excluding carboxylic acids is 2. The predicted octanol–water partition coefficient (Wildman–Crippen LogP) is 4.50. The molecule has 174 valence electrons. The molecular weight excluding hydrogens is 426 g/mol. The third-order valence-electron chi connectivity index (χ3n) is 6.64. The number of para-hydroxylation sites is 3. The average Bonchev–Trinajstić information content (AvgIpc) is 2.89. The number of benzene rings is 3. The SMILES string of the molecule is O=C(Nc1ccccc1)C1CCN(CC(=O)N2c3ccccc3OC[C@H]2c2ccccc2)CC1. The van der Waals surface area contributed by atoms with Crippen molar-refractivity contribution in [1.82, 2.24) is 4.90 Å². The zero-order valence-electron chi connectivity index (χ0n) is 19.1. The number of nitrogens with zero attached hydrogens (tertiary/aromatic N) is 2. The molecule has 1 N–H and O–H groups in total. The van der Waals surface area contributed by atoms with E-state index >= 15 is 0 Å². The van der Waals surface area contributed by atoms with Gasteiger partial charge in [0.2, 0.25) is 11.8 Å². The van der Waals surface area contributed by atoms with Gasteiger partial charge in [0.05, 0.1) is 18.3 Å². The number of carbonyl (C=O) groups is 2. The van der Waals surface area contributed by atoms with Gasteiger partial charge in [0.25, 0.3) is 0 Å². The van der Waals surface area contributed by atoms with Crippen LogP contribution in [0.5, 0.6) is 5.75 Å². The molecule has 0 aromatic heterocycles. The van der Waals surface area contributed by atoms with E-state index in [1.54, 1.807) is 0 Å². The summed E-state index contributed by atoms with van der Waals surface area (Å²) in [7, 11) is 0. The molecule has 34 heavy (non-hydrogen) atoms. The Morgan fingerprint density at radius 3 is 2.24 bits per heavy atom. The average molecular weight is 456 g/mol. The third-order valence-corrected chi connectivity index (χ3v) is 6.64. The Morgan fingerprint density at radius 2 is 1.50 bits per heavy atom. The molecule has 6 heteroatoms. The minimum atomic E-state index is -0.169. The molecule has 3 aromatic rings. The second-order valence-electron chi connectivity index (χ2n) is 8.87. The lowest BCUT2D eigenvalue weighted by molar-refractivity contribution is -0.122. The summed E-state index contributed by atoms with van der Waals surface area (Å²) >= 11 is 0. The minimum Gasteiger partial charge on any atom is -0.489 e. The van der Waals surface area contributed by atoms with Gasteiger partial charge in [-0.2, -0.15) is 0 Å². The molecule has 3 aromatic carbocycles. The van der Waals surface area contributed by atoms with Crippen LogP contribution in [0, 0.1) is 5.92 Å². The van der Waals surface area contributed by atoms with Gasteiger partial charge in [-0.3, -0.25) is 19.4 Å². The first-order chi connectivity index (χ1) is 16.7. The van der Waals surface area contributed by atoms with Crippen LogP contribution in [0.2, 0.25) is 0 Å². The maximum Gasteiger partial charge on any atom is 0.241 e. The highest BCUT2D eigenvalue weighted by Gasteiger charge is 2.35. The molecule has 0 bridgehead atoms. The third kappa shape index (κ3) is 4.82. The van der Waals surface area contributed by atoms with E-state index in [2.05, 4.69) is 10.2 Å². The van der Waals surface area contributed by atoms with Gasteiger partial charge in [0, 0.05) is 11.6 Å². The van der Waals surface area contributed by atoms with Crippen molar-refractivity contribution in [2.24, 2.45) is 5.92 Å². The van der Waals surface area contributed by atoms with Crippen molar-refractivity contribution >= 4 is 23.2 Å². The summed E-state index contributed by atoms with van der Waals surface area (Å²) in [4.78, 5) is 30.3. The standard InChI is InChI=1S/C28H29N3O3/c32-27(19-30-17-15-22(16-18-30)28(33)29-23-11-5-2-6-12-23)31-24-13-7-8-14-26(24)34-20-25(31)21-9-3-1-4-10-21/h1-14,22,25H,15-20H2,(H,29,33)/t25-/m0/s1. The molecule has 0 saturated carbocycles. The Labute approximate surface area is 200 Å². The van der Waals surface area contributed by atoms with Gasteiger partial charge in [-0.15, -0.1) is 0 Å². The lowest BCUT2D eigenvalue weighted by atomic mass is 9.95. The highest BCUT2D eigenvalue weighted by Crippen LogP contribution is 2.39. The van der Waals surface area contributed by atoms with Gasteiger partial charge in [-0.25, -0.2) is 0 Å². The van der Waals surface area contributed by atoms with E-state index in [9.17, 15) is 9.59 Å². The lowest BCUT2D eigenvalue weighted by Gasteiger charge is -2.39. The highest BCUT2D eigenvalue weighted by molar-refractivity contribution is 5.97. The molecule has 0 radical (unpaired) electrons. The summed E-state index contributed by atoms with van der Waals surface area (Å²) in [5, 5.41) is 3.01. The van der Waals surface area contributed by atoms with Crippen molar-refractivity contribution in [1.29, 1.82) is 0 Å². The fraction of sp³-hybridized carbons (Fsp3) is 0.286. The number of hydrogen-bond donors (Lipinski definition) is 1. The smallest absolute Gasteiger partial charge is 0.241 e. The Hall–Kier alpha value is -3.64. The molecule has 2 amide bonds. The number of ether oxygens (including phenoxy) is 1. The molecule has 0 aliphatic carbocycles. The normalized spacial score (nSPS) is 18.6. The summed E-state index contributed by atoms with van der Waals surface area (Å²) in [5.74, 6) is 0.812. The molecule has 1 fully saturated rings. The predicted molar refractivity (Wildman–Crippen MR) is 133 cm³/mol. The van der Waals surface area contributed by atoms with Gasteiger partial charge in [-0.1, -0.05) is 60.7 Å². The van der Waals surface area contributed by atoms with Crippen molar-refractivity contribution in [2.45, 2.75) is 18.9 Å². The molecule has 2 aliphatic heterocycles. The van der Waals surface area contributed by atoms with E-state index in [-0.39, 0.29) is 23.8 Å². The zero-order chi connectivity index (χ0) is 23.3. The van der Waals surface area contributed by atoms with Gasteiger partial charge < -0.3 is 10.1 Å². The van der Waals surface area contributed by atoms with E-state index in [0.717, 1.165) is 48.6 Å². The molecule has 5 rings (SSSR count). The van der Waals surface area contributed by atoms with Crippen molar-refractivity contribution in [3.63, 3.8) is 0 Å². The fourth-order valence-corrected chi connectivity index (χ4v) is 4.80. The van der Waals surface area contributed by atoms with Crippen LogP contribution >= 0.6 is 0 Å². The van der Waals surface area contributed by atoms with Crippen LogP contribution in [0.15, 0.2) is 84.9 Å². The number of likely N-dealkylation sites (tertiary alicyclic amines) is 1. The van der Waals surface area contributed by atoms with Crippen molar-refractivity contribution < 1.29 is 14.3 Å². The summed E-state index contributed by atoms with van der Waals surface area (Å²) in [5.41, 5.74) is 2.69. The highest BCUT2D eigenvalue weighted by atomic mass is 16.5. The number of hydrogen-bond acceptors (Lipinski definition) is 4. The van der Waals surface area contributed by atoms with Crippen LogP contribution in [0.25, 0.3) is 0 Å².